The number of hydrogen-bond acceptors (Lipinski definition) is 7. The topological polar surface area (TPSA) is 88.1 Å². The molecule has 0 amide bonds. The molecule has 7 nitrogen and oxygen atoms in total. The van der Waals surface area contributed by atoms with Gasteiger partial charge in [0.2, 0.25) is 0 Å². The quantitative estimate of drug-likeness (QED) is 0.167. The van der Waals surface area contributed by atoms with Crippen molar-refractivity contribution in [2.45, 2.75) is 57.1 Å². The summed E-state index contributed by atoms with van der Waals surface area (Å²) in [6.45, 7) is 0.839. The predicted molar refractivity (Wildman–Crippen MR) is 94.0 cm³/mol. The fourth-order valence-electron chi connectivity index (χ4n) is 1.60. The number of rotatable bonds is 12. The van der Waals surface area contributed by atoms with Crippen LogP contribution in [0.25, 0.3) is 0 Å². The summed E-state index contributed by atoms with van der Waals surface area (Å²) in [6.07, 6.45) is 10.2. The fourth-order valence-corrected chi connectivity index (χ4v) is 1.67. The average Bonchev–Trinajstić information content (AvgIpc) is 2.57. The Morgan fingerprint density at radius 1 is 0.923 bits per heavy atom. The molecule has 0 saturated carbocycles. The van der Waals surface area contributed by atoms with E-state index in [1.165, 1.54) is 6.92 Å². The number of unbranched alkanes of at least 4 members (excludes halogenated alkanes) is 2. The van der Waals surface area contributed by atoms with Gasteiger partial charge in [-0.25, -0.2) is 4.79 Å². The summed E-state index contributed by atoms with van der Waals surface area (Å²) in [4.78, 5) is 34.7. The maximum atomic E-state index is 11.6. The zero-order chi connectivity index (χ0) is 19.8. The summed E-state index contributed by atoms with van der Waals surface area (Å²) in [5.74, 6) is 3.81. The first-order valence-electron chi connectivity index (χ1n) is 8.08. The average molecular weight is 387 g/mol. The molecule has 0 bridgehead atoms. The lowest BCUT2D eigenvalue weighted by atomic mass is 10.2. The highest BCUT2D eigenvalue weighted by Gasteiger charge is 2.21. The summed E-state index contributed by atoms with van der Waals surface area (Å²) >= 11 is 5.53. The molecule has 1 unspecified atom stereocenters. The number of carbonyl (C=O) groups is 3. The van der Waals surface area contributed by atoms with Gasteiger partial charge in [0.15, 0.2) is 11.7 Å². The first kappa shape index (κ1) is 23.6. The molecular formula is C18H23ClO7. The van der Waals surface area contributed by atoms with Crippen molar-refractivity contribution >= 4 is 29.7 Å². The highest BCUT2D eigenvalue weighted by Crippen LogP contribution is 2.06. The fraction of sp³-hybridized carbons (Fsp3) is 0.611. The van der Waals surface area contributed by atoms with E-state index in [-0.39, 0.29) is 26.1 Å². The van der Waals surface area contributed by atoms with Crippen LogP contribution in [-0.2, 0) is 28.5 Å². The molecule has 0 rings (SSSR count). The van der Waals surface area contributed by atoms with Gasteiger partial charge in [0.05, 0.1) is 0 Å². The molecule has 0 aromatic rings. The SMILES string of the molecule is C#CCCCC(=O)OCC(COC(=O)CCCC#C)OC(=O)OC(C)Cl. The molecule has 0 aliphatic heterocycles. The predicted octanol–water partition coefficient (Wildman–Crippen LogP) is 2.79. The first-order chi connectivity index (χ1) is 12.4. The monoisotopic (exact) mass is 386 g/mol. The molecule has 26 heavy (non-hydrogen) atoms. The van der Waals surface area contributed by atoms with E-state index in [1.54, 1.807) is 0 Å². The minimum Gasteiger partial charge on any atom is -0.462 e. The lowest BCUT2D eigenvalue weighted by Crippen LogP contribution is -2.31. The number of ether oxygens (including phenoxy) is 4. The van der Waals surface area contributed by atoms with Crippen molar-refractivity contribution < 1.29 is 33.3 Å². The van der Waals surface area contributed by atoms with Crippen molar-refractivity contribution in [1.82, 2.24) is 0 Å². The Balaban J connectivity index is 4.43. The van der Waals surface area contributed by atoms with E-state index >= 15 is 0 Å². The highest BCUT2D eigenvalue weighted by atomic mass is 35.5. The second kappa shape index (κ2) is 14.9. The summed E-state index contributed by atoms with van der Waals surface area (Å²) in [6, 6.07) is 0. The number of carbonyl (C=O) groups excluding carboxylic acids is 3. The lowest BCUT2D eigenvalue weighted by molar-refractivity contribution is -0.153. The van der Waals surface area contributed by atoms with Crippen LogP contribution in [0.5, 0.6) is 0 Å². The van der Waals surface area contributed by atoms with E-state index in [0.29, 0.717) is 25.7 Å². The molecular weight excluding hydrogens is 364 g/mol. The molecule has 0 saturated heterocycles. The largest absolute Gasteiger partial charge is 0.510 e. The van der Waals surface area contributed by atoms with Crippen LogP contribution in [0.15, 0.2) is 0 Å². The van der Waals surface area contributed by atoms with Gasteiger partial charge >= 0.3 is 18.1 Å². The van der Waals surface area contributed by atoms with Gasteiger partial charge in [0, 0.05) is 25.7 Å². The van der Waals surface area contributed by atoms with Crippen LogP contribution in [0.4, 0.5) is 4.79 Å². The minimum absolute atomic E-state index is 0.131. The molecule has 0 aromatic carbocycles. The van der Waals surface area contributed by atoms with Gasteiger partial charge in [0.1, 0.15) is 13.2 Å². The maximum Gasteiger partial charge on any atom is 0.510 e. The van der Waals surface area contributed by atoms with Gasteiger partial charge in [-0.15, -0.1) is 24.7 Å². The third kappa shape index (κ3) is 14.0. The Morgan fingerprint density at radius 3 is 1.77 bits per heavy atom. The van der Waals surface area contributed by atoms with Crippen LogP contribution < -0.4 is 0 Å². The number of terminal acetylenes is 2. The van der Waals surface area contributed by atoms with Crippen molar-refractivity contribution in [3.05, 3.63) is 0 Å². The highest BCUT2D eigenvalue weighted by molar-refractivity contribution is 6.19. The van der Waals surface area contributed by atoms with Crippen molar-refractivity contribution in [3.8, 4) is 24.7 Å². The zero-order valence-electron chi connectivity index (χ0n) is 14.7. The van der Waals surface area contributed by atoms with E-state index in [1.807, 2.05) is 0 Å². The Kier molecular flexibility index (Phi) is 13.6. The molecule has 0 aromatic heterocycles. The molecule has 8 heteroatoms. The summed E-state index contributed by atoms with van der Waals surface area (Å²) in [5, 5.41) is 0. The molecule has 0 heterocycles. The van der Waals surface area contributed by atoms with E-state index in [0.717, 1.165) is 0 Å². The summed E-state index contributed by atoms with van der Waals surface area (Å²) in [7, 11) is 0. The summed E-state index contributed by atoms with van der Waals surface area (Å²) in [5.41, 5.74) is -0.902. The second-order valence-corrected chi connectivity index (χ2v) is 5.75. The second-order valence-electron chi connectivity index (χ2n) is 5.13. The van der Waals surface area contributed by atoms with Crippen molar-refractivity contribution in [3.63, 3.8) is 0 Å². The Labute approximate surface area is 158 Å². The minimum atomic E-state index is -1.07. The molecule has 0 aliphatic carbocycles. The number of hydrogen-bond donors (Lipinski definition) is 0. The molecule has 0 aliphatic rings. The van der Waals surface area contributed by atoms with Gasteiger partial charge < -0.3 is 18.9 Å². The van der Waals surface area contributed by atoms with Crippen molar-refractivity contribution in [2.75, 3.05) is 13.2 Å². The van der Waals surface area contributed by atoms with E-state index in [4.69, 9.17) is 38.7 Å². The van der Waals surface area contributed by atoms with Gasteiger partial charge in [-0.1, -0.05) is 11.6 Å². The Hall–Kier alpha value is -2.38. The smallest absolute Gasteiger partial charge is 0.462 e. The molecule has 1 atom stereocenters. The van der Waals surface area contributed by atoms with Gasteiger partial charge in [-0.3, -0.25) is 9.59 Å². The molecule has 0 spiro atoms. The van der Waals surface area contributed by atoms with Crippen LogP contribution in [0.2, 0.25) is 0 Å². The normalized spacial score (nSPS) is 11.0. The molecule has 0 N–H and O–H groups in total. The van der Waals surface area contributed by atoms with Crippen molar-refractivity contribution in [1.29, 1.82) is 0 Å². The van der Waals surface area contributed by atoms with Crippen LogP contribution in [0.3, 0.4) is 0 Å². The lowest BCUT2D eigenvalue weighted by Gasteiger charge is -2.18. The standard InChI is InChI=1S/C18H23ClO7/c1-4-6-8-10-16(20)23-12-15(26-18(22)25-14(3)19)13-24-17(21)11-9-7-5-2/h1-2,14-15H,6-13H2,3H3. The van der Waals surface area contributed by atoms with Crippen LogP contribution in [-0.4, -0.2) is 43.0 Å². The van der Waals surface area contributed by atoms with Crippen LogP contribution in [0.1, 0.15) is 45.4 Å². The molecule has 0 radical (unpaired) electrons. The van der Waals surface area contributed by atoms with Gasteiger partial charge in [-0.05, 0) is 19.8 Å². The Morgan fingerprint density at radius 2 is 1.38 bits per heavy atom. The third-order valence-electron chi connectivity index (χ3n) is 2.79. The van der Waals surface area contributed by atoms with E-state index in [9.17, 15) is 14.4 Å². The maximum absolute atomic E-state index is 11.6. The van der Waals surface area contributed by atoms with Gasteiger partial charge in [0.25, 0.3) is 0 Å². The first-order valence-corrected chi connectivity index (χ1v) is 8.52. The number of halogens is 1. The van der Waals surface area contributed by atoms with E-state index in [2.05, 4.69) is 16.6 Å². The van der Waals surface area contributed by atoms with Crippen LogP contribution >= 0.6 is 11.6 Å². The number of alkyl halides is 1. The van der Waals surface area contributed by atoms with Gasteiger partial charge in [-0.2, -0.15) is 0 Å². The number of esters is 2. The zero-order valence-corrected chi connectivity index (χ0v) is 15.5. The Bertz CT molecular complexity index is 495. The third-order valence-corrected chi connectivity index (χ3v) is 2.88. The van der Waals surface area contributed by atoms with E-state index < -0.39 is 29.8 Å². The van der Waals surface area contributed by atoms with Crippen molar-refractivity contribution in [2.24, 2.45) is 0 Å². The molecule has 0 fully saturated rings. The summed E-state index contributed by atoms with van der Waals surface area (Å²) < 4.78 is 19.6. The molecule has 144 valence electrons. The van der Waals surface area contributed by atoms with Crippen LogP contribution in [0, 0.1) is 24.7 Å².